The van der Waals surface area contributed by atoms with E-state index in [0.717, 1.165) is 38.9 Å². The lowest BCUT2D eigenvalue weighted by Crippen LogP contribution is -2.44. The topological polar surface area (TPSA) is 23.1 Å². The molecular formula is C33H69NO. The fraction of sp³-hybridized carbons (Fsp3) is 1.00. The van der Waals surface area contributed by atoms with Crippen molar-refractivity contribution in [3.05, 3.63) is 5.21 Å². The minimum absolute atomic E-state index is 0.115. The average molecular weight is 496 g/mol. The van der Waals surface area contributed by atoms with E-state index in [1.807, 2.05) is 0 Å². The number of hydrogen-bond donors (Lipinski definition) is 0. The van der Waals surface area contributed by atoms with E-state index in [4.69, 9.17) is 0 Å². The maximum absolute atomic E-state index is 13.7. The molecule has 0 atom stereocenters. The Labute approximate surface area is 223 Å². The predicted molar refractivity (Wildman–Crippen MR) is 160 cm³/mol. The van der Waals surface area contributed by atoms with Crippen LogP contribution in [0.1, 0.15) is 194 Å². The van der Waals surface area contributed by atoms with Gasteiger partial charge >= 0.3 is 0 Å². The lowest BCUT2D eigenvalue weighted by atomic mass is 10.1. The summed E-state index contributed by atoms with van der Waals surface area (Å²) in [5, 5.41) is 13.7. The van der Waals surface area contributed by atoms with E-state index in [1.165, 1.54) is 154 Å². The van der Waals surface area contributed by atoms with Crippen LogP contribution < -0.4 is 0 Å². The highest BCUT2D eigenvalue weighted by atomic mass is 16.5. The molecule has 0 fully saturated rings. The monoisotopic (exact) mass is 496 g/mol. The van der Waals surface area contributed by atoms with Crippen LogP contribution in [0.5, 0.6) is 0 Å². The third-order valence-corrected chi connectivity index (χ3v) is 8.01. The number of rotatable bonds is 30. The molecule has 0 rings (SSSR count). The first-order valence-electron chi connectivity index (χ1n) is 16.8. The SMILES string of the molecule is CCCCCCCCCCC[N+]([O-])(CCCCCCCCCCC)CCCCCCCCCCC. The third-order valence-electron chi connectivity index (χ3n) is 8.01. The van der Waals surface area contributed by atoms with Gasteiger partial charge in [-0.1, -0.05) is 156 Å². The molecule has 0 aliphatic heterocycles. The van der Waals surface area contributed by atoms with Crippen LogP contribution in [-0.4, -0.2) is 24.3 Å². The van der Waals surface area contributed by atoms with E-state index >= 15 is 0 Å². The fourth-order valence-corrected chi connectivity index (χ4v) is 5.47. The van der Waals surface area contributed by atoms with Gasteiger partial charge in [-0.2, -0.15) is 0 Å². The standard InChI is InChI=1S/C33H69NO/c1-4-7-10-13-16-19-22-25-28-31-34(35,32-29-26-23-20-17-14-11-8-5-2)33-30-27-24-21-18-15-12-9-6-3/h4-33H2,1-3H3. The highest BCUT2D eigenvalue weighted by Crippen LogP contribution is 2.18. The summed E-state index contributed by atoms with van der Waals surface area (Å²) in [7, 11) is 0. The molecule has 35 heavy (non-hydrogen) atoms. The first-order chi connectivity index (χ1) is 17.2. The van der Waals surface area contributed by atoms with Crippen LogP contribution in [-0.2, 0) is 0 Å². The molecule has 0 bridgehead atoms. The molecule has 0 aromatic rings. The van der Waals surface area contributed by atoms with E-state index in [-0.39, 0.29) is 4.65 Å². The van der Waals surface area contributed by atoms with Crippen LogP contribution in [0.25, 0.3) is 0 Å². The van der Waals surface area contributed by atoms with Crippen molar-refractivity contribution in [2.75, 3.05) is 19.6 Å². The molecule has 0 heterocycles. The summed E-state index contributed by atoms with van der Waals surface area (Å²) >= 11 is 0. The van der Waals surface area contributed by atoms with Crippen molar-refractivity contribution in [3.63, 3.8) is 0 Å². The molecule has 0 aromatic heterocycles. The van der Waals surface area contributed by atoms with Crippen molar-refractivity contribution < 1.29 is 4.65 Å². The number of unbranched alkanes of at least 4 members (excludes halogenated alkanes) is 24. The molecule has 0 aliphatic carbocycles. The van der Waals surface area contributed by atoms with E-state index < -0.39 is 0 Å². The van der Waals surface area contributed by atoms with Crippen molar-refractivity contribution in [1.29, 1.82) is 0 Å². The number of hydrogen-bond acceptors (Lipinski definition) is 1. The summed E-state index contributed by atoms with van der Waals surface area (Å²) in [6.07, 6.45) is 36.2. The van der Waals surface area contributed by atoms with Crippen molar-refractivity contribution in [1.82, 2.24) is 0 Å². The van der Waals surface area contributed by atoms with E-state index in [1.54, 1.807) is 0 Å². The minimum atomic E-state index is 0.115. The first kappa shape index (κ1) is 34.9. The van der Waals surface area contributed by atoms with Gasteiger partial charge in [-0.25, -0.2) is 0 Å². The highest BCUT2D eigenvalue weighted by molar-refractivity contribution is 4.54. The van der Waals surface area contributed by atoms with Crippen molar-refractivity contribution in [2.45, 2.75) is 194 Å². The molecule has 2 nitrogen and oxygen atoms in total. The maximum Gasteiger partial charge on any atom is 0.0783 e. The molecule has 0 amide bonds. The molecule has 0 saturated heterocycles. The largest absolute Gasteiger partial charge is 0.633 e. The van der Waals surface area contributed by atoms with Crippen LogP contribution in [0.4, 0.5) is 0 Å². The van der Waals surface area contributed by atoms with Gasteiger partial charge < -0.3 is 9.85 Å². The maximum atomic E-state index is 13.7. The molecule has 0 spiro atoms. The summed E-state index contributed by atoms with van der Waals surface area (Å²) in [4.78, 5) is 0. The van der Waals surface area contributed by atoms with Gasteiger partial charge in [0.15, 0.2) is 0 Å². The molecular weight excluding hydrogens is 426 g/mol. The van der Waals surface area contributed by atoms with Crippen molar-refractivity contribution in [2.24, 2.45) is 0 Å². The van der Waals surface area contributed by atoms with Gasteiger partial charge in [0.05, 0.1) is 19.6 Å². The Balaban J connectivity index is 4.05. The molecule has 2 heteroatoms. The van der Waals surface area contributed by atoms with E-state index in [9.17, 15) is 5.21 Å². The molecule has 0 radical (unpaired) electrons. The smallest absolute Gasteiger partial charge is 0.0783 e. The number of hydroxylamine groups is 3. The Morgan fingerprint density at radius 3 is 0.657 bits per heavy atom. The predicted octanol–water partition coefficient (Wildman–Crippen LogP) is 11.9. The summed E-state index contributed by atoms with van der Waals surface area (Å²) in [6.45, 7) is 9.50. The zero-order valence-electron chi connectivity index (χ0n) is 25.1. The lowest BCUT2D eigenvalue weighted by Gasteiger charge is -2.43. The molecule has 0 aliphatic rings. The zero-order valence-corrected chi connectivity index (χ0v) is 25.1. The minimum Gasteiger partial charge on any atom is -0.633 e. The molecule has 0 unspecified atom stereocenters. The Kier molecular flexibility index (Phi) is 28.4. The third kappa shape index (κ3) is 26.8. The molecule has 0 aromatic carbocycles. The van der Waals surface area contributed by atoms with Gasteiger partial charge in [0.1, 0.15) is 0 Å². The Morgan fingerprint density at radius 1 is 0.286 bits per heavy atom. The normalized spacial score (nSPS) is 12.0. The lowest BCUT2D eigenvalue weighted by molar-refractivity contribution is -0.881. The highest BCUT2D eigenvalue weighted by Gasteiger charge is 2.16. The van der Waals surface area contributed by atoms with E-state index in [0.29, 0.717) is 0 Å². The summed E-state index contributed by atoms with van der Waals surface area (Å²) in [5.74, 6) is 0. The second-order valence-electron chi connectivity index (χ2n) is 11.7. The summed E-state index contributed by atoms with van der Waals surface area (Å²) in [6, 6.07) is 0. The number of nitrogens with zero attached hydrogens (tertiary/aromatic N) is 1. The van der Waals surface area contributed by atoms with Gasteiger partial charge in [0.25, 0.3) is 0 Å². The van der Waals surface area contributed by atoms with E-state index in [2.05, 4.69) is 20.8 Å². The Morgan fingerprint density at radius 2 is 0.457 bits per heavy atom. The quantitative estimate of drug-likeness (QED) is 0.0552. The van der Waals surface area contributed by atoms with Crippen molar-refractivity contribution >= 4 is 0 Å². The second kappa shape index (κ2) is 28.5. The van der Waals surface area contributed by atoms with Gasteiger partial charge in [-0.05, 0) is 38.5 Å². The van der Waals surface area contributed by atoms with Gasteiger partial charge in [0, 0.05) is 0 Å². The zero-order chi connectivity index (χ0) is 25.7. The van der Waals surface area contributed by atoms with Gasteiger partial charge in [0.2, 0.25) is 0 Å². The summed E-state index contributed by atoms with van der Waals surface area (Å²) < 4.78 is 0.115. The Hall–Kier alpha value is -0.0800. The average Bonchev–Trinajstić information content (AvgIpc) is 2.86. The van der Waals surface area contributed by atoms with Crippen LogP contribution >= 0.6 is 0 Å². The van der Waals surface area contributed by atoms with Crippen LogP contribution in [0.2, 0.25) is 0 Å². The van der Waals surface area contributed by atoms with Gasteiger partial charge in [-0.3, -0.25) is 0 Å². The molecule has 212 valence electrons. The van der Waals surface area contributed by atoms with Crippen LogP contribution in [0.15, 0.2) is 0 Å². The second-order valence-corrected chi connectivity index (χ2v) is 11.7. The first-order valence-corrected chi connectivity index (χ1v) is 16.8. The van der Waals surface area contributed by atoms with Crippen LogP contribution in [0.3, 0.4) is 0 Å². The fourth-order valence-electron chi connectivity index (χ4n) is 5.47. The van der Waals surface area contributed by atoms with Crippen molar-refractivity contribution in [3.8, 4) is 0 Å². The summed E-state index contributed by atoms with van der Waals surface area (Å²) in [5.41, 5.74) is 0. The van der Waals surface area contributed by atoms with Gasteiger partial charge in [-0.15, -0.1) is 0 Å². The molecule has 0 saturated carbocycles. The number of quaternary nitrogens is 1. The molecule has 0 N–H and O–H groups in total. The van der Waals surface area contributed by atoms with Crippen LogP contribution in [0, 0.1) is 5.21 Å². The Bertz CT molecular complexity index is 328.